The van der Waals surface area contributed by atoms with Crippen molar-refractivity contribution >= 4 is 11.8 Å². The third kappa shape index (κ3) is 4.68. The lowest BCUT2D eigenvalue weighted by molar-refractivity contribution is 0.564. The second kappa shape index (κ2) is 5.87. The van der Waals surface area contributed by atoms with Crippen LogP contribution in [0.25, 0.3) is 0 Å². The van der Waals surface area contributed by atoms with E-state index in [2.05, 4.69) is 26.1 Å². The molecule has 1 nitrogen and oxygen atoms in total. The quantitative estimate of drug-likeness (QED) is 0.875. The molecule has 0 fully saturated rings. The van der Waals surface area contributed by atoms with Gasteiger partial charge in [0.1, 0.15) is 5.82 Å². The van der Waals surface area contributed by atoms with Crippen LogP contribution in [0.1, 0.15) is 37.9 Å². The highest BCUT2D eigenvalue weighted by atomic mass is 32.2. The summed E-state index contributed by atoms with van der Waals surface area (Å²) in [7, 11) is 1.88. The van der Waals surface area contributed by atoms with Gasteiger partial charge in [0.25, 0.3) is 0 Å². The zero-order valence-electron chi connectivity index (χ0n) is 11.3. The van der Waals surface area contributed by atoms with Gasteiger partial charge in [0.2, 0.25) is 0 Å². The summed E-state index contributed by atoms with van der Waals surface area (Å²) in [6, 6.07) is 5.36. The van der Waals surface area contributed by atoms with Gasteiger partial charge in [-0.05, 0) is 20.0 Å². The van der Waals surface area contributed by atoms with E-state index in [0.717, 1.165) is 16.9 Å². The Labute approximate surface area is 108 Å². The number of thioether (sulfide) groups is 1. The summed E-state index contributed by atoms with van der Waals surface area (Å²) < 4.78 is 14.0. The Balaban J connectivity index is 2.82. The van der Waals surface area contributed by atoms with Crippen molar-refractivity contribution in [2.45, 2.75) is 38.5 Å². The molecule has 0 aliphatic heterocycles. The van der Waals surface area contributed by atoms with E-state index in [4.69, 9.17) is 0 Å². The number of hydrogen-bond donors (Lipinski definition) is 1. The first-order chi connectivity index (χ1) is 7.83. The second-order valence-electron chi connectivity index (χ2n) is 5.29. The van der Waals surface area contributed by atoms with Gasteiger partial charge in [0.05, 0.1) is 0 Å². The predicted molar refractivity (Wildman–Crippen MR) is 75.1 cm³/mol. The van der Waals surface area contributed by atoms with Gasteiger partial charge in [-0.3, -0.25) is 0 Å². The van der Waals surface area contributed by atoms with E-state index in [-0.39, 0.29) is 16.6 Å². The zero-order valence-corrected chi connectivity index (χ0v) is 12.1. The van der Waals surface area contributed by atoms with Crippen molar-refractivity contribution in [2.24, 2.45) is 0 Å². The normalized spacial score (nSPS) is 13.8. The summed E-state index contributed by atoms with van der Waals surface area (Å²) in [4.78, 5) is 0. The Bertz CT molecular complexity index is 371. The van der Waals surface area contributed by atoms with Gasteiger partial charge in [0.15, 0.2) is 0 Å². The number of rotatable bonds is 4. The second-order valence-corrected chi connectivity index (χ2v) is 7.14. The lowest BCUT2D eigenvalue weighted by atomic mass is 10.1. The first-order valence-electron chi connectivity index (χ1n) is 5.91. The van der Waals surface area contributed by atoms with Gasteiger partial charge in [-0.25, -0.2) is 4.39 Å². The number of hydrogen-bond acceptors (Lipinski definition) is 2. The Morgan fingerprint density at radius 3 is 2.53 bits per heavy atom. The molecule has 0 saturated heterocycles. The van der Waals surface area contributed by atoms with Crippen LogP contribution in [0.4, 0.5) is 4.39 Å². The van der Waals surface area contributed by atoms with E-state index in [9.17, 15) is 4.39 Å². The molecule has 3 heteroatoms. The molecule has 0 heterocycles. The molecule has 0 aliphatic carbocycles. The molecule has 1 aromatic rings. The number of aryl methyl sites for hydroxylation is 1. The van der Waals surface area contributed by atoms with Crippen LogP contribution in [-0.4, -0.2) is 17.5 Å². The minimum absolute atomic E-state index is 0.0686. The largest absolute Gasteiger partial charge is 0.312 e. The molecule has 17 heavy (non-hydrogen) atoms. The minimum atomic E-state index is -0.121. The number of halogens is 1. The van der Waals surface area contributed by atoms with Crippen LogP contribution in [0.2, 0.25) is 0 Å². The summed E-state index contributed by atoms with van der Waals surface area (Å²) in [6.45, 7) is 8.53. The minimum Gasteiger partial charge on any atom is -0.312 e. The van der Waals surface area contributed by atoms with E-state index in [1.54, 1.807) is 6.07 Å². The fourth-order valence-corrected chi connectivity index (χ4v) is 2.61. The van der Waals surface area contributed by atoms with Crippen molar-refractivity contribution in [3.63, 3.8) is 0 Å². The molecule has 0 aliphatic rings. The van der Waals surface area contributed by atoms with Crippen molar-refractivity contribution in [3.05, 3.63) is 35.1 Å². The molecular weight excluding hydrogens is 233 g/mol. The fraction of sp³-hybridized carbons (Fsp3) is 0.571. The Hall–Kier alpha value is -0.540. The maximum absolute atomic E-state index is 13.8. The smallest absolute Gasteiger partial charge is 0.128 e. The van der Waals surface area contributed by atoms with Crippen LogP contribution in [0.15, 0.2) is 18.2 Å². The van der Waals surface area contributed by atoms with E-state index in [1.165, 1.54) is 0 Å². The van der Waals surface area contributed by atoms with E-state index in [1.807, 2.05) is 37.9 Å². The third-order valence-corrected chi connectivity index (χ3v) is 3.92. The van der Waals surface area contributed by atoms with Gasteiger partial charge in [-0.15, -0.1) is 0 Å². The van der Waals surface area contributed by atoms with Crippen LogP contribution < -0.4 is 5.32 Å². The molecule has 1 aromatic carbocycles. The van der Waals surface area contributed by atoms with E-state index < -0.39 is 0 Å². The summed E-state index contributed by atoms with van der Waals surface area (Å²) in [5, 5.41) is 3.20. The van der Waals surface area contributed by atoms with Crippen molar-refractivity contribution in [1.82, 2.24) is 5.32 Å². The SMILES string of the molecule is CNC(CSC(C)(C)C)c1cc(C)ccc1F. The average Bonchev–Trinajstić information content (AvgIpc) is 2.22. The highest BCUT2D eigenvalue weighted by Crippen LogP contribution is 2.29. The van der Waals surface area contributed by atoms with Gasteiger partial charge >= 0.3 is 0 Å². The van der Waals surface area contributed by atoms with Gasteiger partial charge < -0.3 is 5.32 Å². The molecule has 96 valence electrons. The van der Waals surface area contributed by atoms with Gasteiger partial charge in [-0.2, -0.15) is 11.8 Å². The van der Waals surface area contributed by atoms with E-state index >= 15 is 0 Å². The van der Waals surface area contributed by atoms with E-state index in [0.29, 0.717) is 0 Å². The van der Waals surface area contributed by atoms with Crippen LogP contribution in [-0.2, 0) is 0 Å². The molecule has 0 amide bonds. The van der Waals surface area contributed by atoms with Crippen LogP contribution in [0.3, 0.4) is 0 Å². The molecule has 0 bridgehead atoms. The lowest BCUT2D eigenvalue weighted by Gasteiger charge is -2.23. The summed E-state index contributed by atoms with van der Waals surface area (Å²) >= 11 is 1.85. The molecule has 0 aromatic heterocycles. The Morgan fingerprint density at radius 1 is 1.35 bits per heavy atom. The molecule has 0 radical (unpaired) electrons. The summed E-state index contributed by atoms with van der Waals surface area (Å²) in [5.41, 5.74) is 1.87. The molecule has 1 atom stereocenters. The predicted octanol–water partition coefficient (Wildman–Crippen LogP) is 3.93. The number of benzene rings is 1. The fourth-order valence-electron chi connectivity index (χ4n) is 1.59. The third-order valence-electron chi connectivity index (χ3n) is 2.56. The van der Waals surface area contributed by atoms with Gasteiger partial charge in [0, 0.05) is 22.1 Å². The topological polar surface area (TPSA) is 12.0 Å². The standard InChI is InChI=1S/C14H22FNS/c1-10-6-7-12(15)11(8-10)13(16-5)9-17-14(2,3)4/h6-8,13,16H,9H2,1-5H3. The maximum atomic E-state index is 13.8. The molecule has 0 spiro atoms. The molecular formula is C14H22FNS. The highest BCUT2D eigenvalue weighted by Gasteiger charge is 2.18. The first-order valence-corrected chi connectivity index (χ1v) is 6.89. The van der Waals surface area contributed by atoms with Crippen molar-refractivity contribution in [3.8, 4) is 0 Å². The van der Waals surface area contributed by atoms with Crippen molar-refractivity contribution < 1.29 is 4.39 Å². The van der Waals surface area contributed by atoms with Crippen LogP contribution in [0, 0.1) is 12.7 Å². The summed E-state index contributed by atoms with van der Waals surface area (Å²) in [6.07, 6.45) is 0. The van der Waals surface area contributed by atoms with Crippen molar-refractivity contribution in [1.29, 1.82) is 0 Å². The Morgan fingerprint density at radius 2 is 2.00 bits per heavy atom. The van der Waals surface area contributed by atoms with Crippen molar-refractivity contribution in [2.75, 3.05) is 12.8 Å². The monoisotopic (exact) mass is 255 g/mol. The zero-order chi connectivity index (χ0) is 13.1. The lowest BCUT2D eigenvalue weighted by Crippen LogP contribution is -2.22. The first kappa shape index (κ1) is 14.5. The summed E-state index contributed by atoms with van der Waals surface area (Å²) in [5.74, 6) is 0.754. The maximum Gasteiger partial charge on any atom is 0.128 e. The van der Waals surface area contributed by atoms with Crippen LogP contribution in [0.5, 0.6) is 0 Å². The van der Waals surface area contributed by atoms with Crippen LogP contribution >= 0.6 is 11.8 Å². The molecule has 1 unspecified atom stereocenters. The Kier molecular flexibility index (Phi) is 5.02. The molecule has 1 rings (SSSR count). The molecule has 0 saturated carbocycles. The highest BCUT2D eigenvalue weighted by molar-refractivity contribution is 8.00. The molecule has 1 N–H and O–H groups in total. The number of nitrogens with one attached hydrogen (secondary N) is 1. The average molecular weight is 255 g/mol. The van der Waals surface area contributed by atoms with Gasteiger partial charge in [-0.1, -0.05) is 38.5 Å².